The first-order valence-electron chi connectivity index (χ1n) is 10.5. The summed E-state index contributed by atoms with van der Waals surface area (Å²) in [6.07, 6.45) is 0.544. The highest BCUT2D eigenvalue weighted by Crippen LogP contribution is 2.20. The standard InChI is InChI=1S/C23H32N4O4S/c1-5-24-23(29)19(2)26(17-16-20-12-8-6-9-13-20)22(28)18-27(32(30,31)25(3)4)21-14-10-7-11-15-21/h6-15,19H,5,16-18H2,1-4H3,(H,24,29). The van der Waals surface area contributed by atoms with Crippen LogP contribution >= 0.6 is 0 Å². The Morgan fingerprint density at radius 1 is 0.969 bits per heavy atom. The van der Waals surface area contributed by atoms with Crippen molar-refractivity contribution in [3.05, 3.63) is 66.2 Å². The van der Waals surface area contributed by atoms with E-state index in [4.69, 9.17) is 0 Å². The van der Waals surface area contributed by atoms with Gasteiger partial charge in [-0.2, -0.15) is 12.7 Å². The molecule has 0 aliphatic carbocycles. The normalized spacial score (nSPS) is 12.3. The number of hydrogen-bond acceptors (Lipinski definition) is 4. The monoisotopic (exact) mass is 460 g/mol. The van der Waals surface area contributed by atoms with Gasteiger partial charge in [-0.25, -0.2) is 4.31 Å². The van der Waals surface area contributed by atoms with Crippen LogP contribution in [0.5, 0.6) is 0 Å². The third kappa shape index (κ3) is 6.54. The van der Waals surface area contributed by atoms with Crippen LogP contribution in [-0.2, 0) is 26.2 Å². The van der Waals surface area contributed by atoms with Crippen LogP contribution in [-0.4, -0.2) is 69.2 Å². The van der Waals surface area contributed by atoms with Crippen LogP contribution in [0, 0.1) is 0 Å². The minimum absolute atomic E-state index is 0.282. The molecule has 2 rings (SSSR count). The number of anilines is 1. The van der Waals surface area contributed by atoms with Crippen LogP contribution in [0.4, 0.5) is 5.69 Å². The molecule has 0 aromatic heterocycles. The van der Waals surface area contributed by atoms with Gasteiger partial charge in [0.1, 0.15) is 12.6 Å². The molecule has 32 heavy (non-hydrogen) atoms. The third-order valence-corrected chi connectivity index (χ3v) is 6.89. The number of likely N-dealkylation sites (N-methyl/N-ethyl adjacent to an activating group) is 1. The summed E-state index contributed by atoms with van der Waals surface area (Å²) in [6, 6.07) is 17.4. The maximum atomic E-state index is 13.4. The Morgan fingerprint density at radius 3 is 2.06 bits per heavy atom. The van der Waals surface area contributed by atoms with Crippen molar-refractivity contribution in [2.75, 3.05) is 38.0 Å². The number of rotatable bonds is 11. The first-order valence-corrected chi connectivity index (χ1v) is 11.9. The molecule has 1 atom stereocenters. The molecule has 0 heterocycles. The summed E-state index contributed by atoms with van der Waals surface area (Å²) < 4.78 is 28.1. The fraction of sp³-hybridized carbons (Fsp3) is 0.391. The molecule has 9 heteroatoms. The Hall–Kier alpha value is -2.91. The average molecular weight is 461 g/mol. The highest BCUT2D eigenvalue weighted by molar-refractivity contribution is 7.90. The highest BCUT2D eigenvalue weighted by atomic mass is 32.2. The number of nitrogens with zero attached hydrogens (tertiary/aromatic N) is 3. The second kappa shape index (κ2) is 11.6. The second-order valence-electron chi connectivity index (χ2n) is 7.53. The zero-order chi connectivity index (χ0) is 23.7. The van der Waals surface area contributed by atoms with Gasteiger partial charge in [-0.1, -0.05) is 48.5 Å². The van der Waals surface area contributed by atoms with Crippen molar-refractivity contribution in [1.29, 1.82) is 0 Å². The van der Waals surface area contributed by atoms with Gasteiger partial charge >= 0.3 is 10.2 Å². The summed E-state index contributed by atoms with van der Waals surface area (Å²) >= 11 is 0. The van der Waals surface area contributed by atoms with Gasteiger partial charge in [0.15, 0.2) is 0 Å². The van der Waals surface area contributed by atoms with E-state index in [-0.39, 0.29) is 12.5 Å². The molecule has 0 saturated heterocycles. The van der Waals surface area contributed by atoms with E-state index in [0.717, 1.165) is 14.2 Å². The fourth-order valence-electron chi connectivity index (χ4n) is 3.20. The molecular formula is C23H32N4O4S. The maximum Gasteiger partial charge on any atom is 0.304 e. The Labute approximate surface area is 191 Å². The van der Waals surface area contributed by atoms with Crippen molar-refractivity contribution in [3.8, 4) is 0 Å². The predicted octanol–water partition coefficient (Wildman–Crippen LogP) is 1.90. The van der Waals surface area contributed by atoms with Crippen molar-refractivity contribution >= 4 is 27.7 Å². The Morgan fingerprint density at radius 2 is 1.53 bits per heavy atom. The van der Waals surface area contributed by atoms with Gasteiger partial charge in [0.2, 0.25) is 11.8 Å². The number of carbonyl (C=O) groups excluding carboxylic acids is 2. The zero-order valence-corrected chi connectivity index (χ0v) is 19.9. The van der Waals surface area contributed by atoms with E-state index < -0.39 is 28.7 Å². The topological polar surface area (TPSA) is 90.0 Å². The molecular weight excluding hydrogens is 428 g/mol. The lowest BCUT2D eigenvalue weighted by Crippen LogP contribution is -2.53. The van der Waals surface area contributed by atoms with Crippen molar-refractivity contribution < 1.29 is 18.0 Å². The minimum atomic E-state index is -3.93. The molecule has 0 aliphatic heterocycles. The summed E-state index contributed by atoms with van der Waals surface area (Å²) in [5, 5.41) is 2.74. The number of hydrogen-bond donors (Lipinski definition) is 1. The van der Waals surface area contributed by atoms with Gasteiger partial charge in [-0.05, 0) is 38.0 Å². The lowest BCUT2D eigenvalue weighted by Gasteiger charge is -2.32. The van der Waals surface area contributed by atoms with E-state index in [1.54, 1.807) is 37.3 Å². The van der Waals surface area contributed by atoms with Gasteiger partial charge in [-0.3, -0.25) is 9.59 Å². The highest BCUT2D eigenvalue weighted by Gasteiger charge is 2.32. The third-order valence-electron chi connectivity index (χ3n) is 5.07. The molecule has 2 aromatic carbocycles. The van der Waals surface area contributed by atoms with Crippen LogP contribution in [0.1, 0.15) is 19.4 Å². The average Bonchev–Trinajstić information content (AvgIpc) is 2.78. The van der Waals surface area contributed by atoms with E-state index >= 15 is 0 Å². The van der Waals surface area contributed by atoms with Crippen molar-refractivity contribution in [2.24, 2.45) is 0 Å². The minimum Gasteiger partial charge on any atom is -0.355 e. The van der Waals surface area contributed by atoms with Crippen molar-refractivity contribution in [1.82, 2.24) is 14.5 Å². The number of carbonyl (C=O) groups is 2. The summed E-state index contributed by atoms with van der Waals surface area (Å²) in [6.45, 7) is 3.77. The van der Waals surface area contributed by atoms with Gasteiger partial charge in [-0.15, -0.1) is 0 Å². The van der Waals surface area contributed by atoms with Gasteiger partial charge in [0.05, 0.1) is 5.69 Å². The lowest BCUT2D eigenvalue weighted by molar-refractivity contribution is -0.138. The van der Waals surface area contributed by atoms with Crippen LogP contribution < -0.4 is 9.62 Å². The Balaban J connectivity index is 2.33. The SMILES string of the molecule is CCNC(=O)C(C)N(CCc1ccccc1)C(=O)CN(c1ccccc1)S(=O)(=O)N(C)C. The van der Waals surface area contributed by atoms with E-state index in [0.29, 0.717) is 18.7 Å². The molecule has 1 unspecified atom stereocenters. The quantitative estimate of drug-likeness (QED) is 0.555. The molecule has 0 radical (unpaired) electrons. The number of benzene rings is 2. The molecule has 8 nitrogen and oxygen atoms in total. The molecule has 0 saturated carbocycles. The zero-order valence-electron chi connectivity index (χ0n) is 19.1. The number of nitrogens with one attached hydrogen (secondary N) is 1. The Kier molecular flexibility index (Phi) is 9.22. The first-order chi connectivity index (χ1) is 15.2. The smallest absolute Gasteiger partial charge is 0.304 e. The summed E-state index contributed by atoms with van der Waals surface area (Å²) in [4.78, 5) is 27.3. The van der Waals surface area contributed by atoms with Gasteiger partial charge in [0, 0.05) is 27.2 Å². The van der Waals surface area contributed by atoms with E-state index in [9.17, 15) is 18.0 Å². The lowest BCUT2D eigenvalue weighted by atomic mass is 10.1. The number of amides is 2. The predicted molar refractivity (Wildman–Crippen MR) is 126 cm³/mol. The molecule has 2 amide bonds. The molecule has 2 aromatic rings. The molecule has 0 aliphatic rings. The van der Waals surface area contributed by atoms with E-state index in [1.807, 2.05) is 37.3 Å². The molecule has 1 N–H and O–H groups in total. The number of para-hydroxylation sites is 1. The molecule has 0 bridgehead atoms. The van der Waals surface area contributed by atoms with E-state index in [1.165, 1.54) is 19.0 Å². The van der Waals surface area contributed by atoms with Crippen LogP contribution in [0.3, 0.4) is 0 Å². The van der Waals surface area contributed by atoms with Crippen LogP contribution in [0.2, 0.25) is 0 Å². The summed E-state index contributed by atoms with van der Waals surface area (Å²) in [5.41, 5.74) is 1.40. The van der Waals surface area contributed by atoms with Crippen LogP contribution in [0.15, 0.2) is 60.7 Å². The van der Waals surface area contributed by atoms with Crippen LogP contribution in [0.25, 0.3) is 0 Å². The van der Waals surface area contributed by atoms with Gasteiger partial charge < -0.3 is 10.2 Å². The fourth-order valence-corrected chi connectivity index (χ4v) is 4.26. The second-order valence-corrected chi connectivity index (χ2v) is 9.59. The van der Waals surface area contributed by atoms with Crippen molar-refractivity contribution in [3.63, 3.8) is 0 Å². The van der Waals surface area contributed by atoms with Gasteiger partial charge in [0.25, 0.3) is 0 Å². The largest absolute Gasteiger partial charge is 0.355 e. The molecule has 174 valence electrons. The summed E-state index contributed by atoms with van der Waals surface area (Å²) in [7, 11) is -1.09. The maximum absolute atomic E-state index is 13.4. The molecule has 0 fully saturated rings. The van der Waals surface area contributed by atoms with Crippen molar-refractivity contribution in [2.45, 2.75) is 26.3 Å². The van der Waals surface area contributed by atoms with E-state index in [2.05, 4.69) is 5.32 Å². The summed E-state index contributed by atoms with van der Waals surface area (Å²) in [5.74, 6) is -0.732. The first kappa shape index (κ1) is 25.4. The molecule has 0 spiro atoms. The Bertz CT molecular complexity index is 982.